The van der Waals surface area contributed by atoms with E-state index in [0.29, 0.717) is 18.0 Å². The molecule has 2 heteroatoms. The largest absolute Gasteiger partial charge is 0.326 e. The second-order valence-corrected chi connectivity index (χ2v) is 4.58. The van der Waals surface area contributed by atoms with Crippen LogP contribution in [0.1, 0.15) is 27.7 Å². The Labute approximate surface area is 76.1 Å². The molecule has 1 aliphatic rings. The van der Waals surface area contributed by atoms with Crippen molar-refractivity contribution in [3.05, 3.63) is 0 Å². The van der Waals surface area contributed by atoms with Crippen molar-refractivity contribution >= 4 is 0 Å². The molecular weight excluding hydrogens is 148 g/mol. The number of nitrogens with two attached hydrogens (primary N) is 1. The predicted molar refractivity (Wildman–Crippen MR) is 53.0 cm³/mol. The Hall–Kier alpha value is -0.0800. The quantitative estimate of drug-likeness (QED) is 0.677. The van der Waals surface area contributed by atoms with E-state index >= 15 is 0 Å². The van der Waals surface area contributed by atoms with Gasteiger partial charge in [-0.25, -0.2) is 0 Å². The van der Waals surface area contributed by atoms with E-state index in [1.807, 2.05) is 0 Å². The summed E-state index contributed by atoms with van der Waals surface area (Å²) in [6, 6.07) is 1.08. The first-order valence-electron chi connectivity index (χ1n) is 5.02. The van der Waals surface area contributed by atoms with Crippen molar-refractivity contribution in [2.24, 2.45) is 17.6 Å². The van der Waals surface area contributed by atoms with Gasteiger partial charge in [0.1, 0.15) is 0 Å². The highest BCUT2D eigenvalue weighted by molar-refractivity contribution is 4.87. The van der Waals surface area contributed by atoms with Gasteiger partial charge in [0.05, 0.1) is 0 Å². The predicted octanol–water partition coefficient (Wildman–Crippen LogP) is 1.31. The van der Waals surface area contributed by atoms with E-state index in [1.54, 1.807) is 0 Å². The molecule has 2 nitrogen and oxygen atoms in total. The lowest BCUT2D eigenvalue weighted by Gasteiger charge is -2.27. The molecule has 0 aromatic carbocycles. The van der Waals surface area contributed by atoms with Crippen molar-refractivity contribution in [1.29, 1.82) is 0 Å². The van der Waals surface area contributed by atoms with Crippen molar-refractivity contribution in [2.45, 2.75) is 39.8 Å². The molecule has 0 radical (unpaired) electrons. The van der Waals surface area contributed by atoms with Gasteiger partial charge in [0, 0.05) is 25.2 Å². The third-order valence-electron chi connectivity index (χ3n) is 3.24. The minimum atomic E-state index is 0.395. The standard InChI is InChI=1S/C10H22N2/c1-7(2)9(4)12-5-8(3)10(11)6-12/h7-10H,5-6,11H2,1-4H3. The molecule has 0 aromatic heterocycles. The minimum Gasteiger partial charge on any atom is -0.326 e. The highest BCUT2D eigenvalue weighted by atomic mass is 15.2. The summed E-state index contributed by atoms with van der Waals surface area (Å²) in [5.74, 6) is 1.41. The van der Waals surface area contributed by atoms with Gasteiger partial charge in [-0.1, -0.05) is 20.8 Å². The Morgan fingerprint density at radius 2 is 1.83 bits per heavy atom. The van der Waals surface area contributed by atoms with E-state index in [-0.39, 0.29) is 0 Å². The van der Waals surface area contributed by atoms with Crippen LogP contribution in [-0.4, -0.2) is 30.1 Å². The SMILES string of the molecule is CC(C)C(C)N1CC(C)C(N)C1. The fourth-order valence-electron chi connectivity index (χ4n) is 1.78. The van der Waals surface area contributed by atoms with Crippen LogP contribution in [0.15, 0.2) is 0 Å². The van der Waals surface area contributed by atoms with Gasteiger partial charge in [-0.15, -0.1) is 0 Å². The first kappa shape index (κ1) is 10.0. The number of hydrogen-bond donors (Lipinski definition) is 1. The van der Waals surface area contributed by atoms with Gasteiger partial charge in [-0.2, -0.15) is 0 Å². The van der Waals surface area contributed by atoms with Crippen LogP contribution in [0.3, 0.4) is 0 Å². The van der Waals surface area contributed by atoms with Crippen LogP contribution < -0.4 is 5.73 Å². The van der Waals surface area contributed by atoms with Gasteiger partial charge in [0.2, 0.25) is 0 Å². The lowest BCUT2D eigenvalue weighted by atomic mass is 10.1. The zero-order valence-electron chi connectivity index (χ0n) is 8.75. The van der Waals surface area contributed by atoms with Crippen molar-refractivity contribution in [1.82, 2.24) is 4.90 Å². The molecule has 0 saturated carbocycles. The van der Waals surface area contributed by atoms with Crippen LogP contribution in [0.25, 0.3) is 0 Å². The molecule has 3 atom stereocenters. The van der Waals surface area contributed by atoms with E-state index in [2.05, 4.69) is 32.6 Å². The molecule has 1 rings (SSSR count). The van der Waals surface area contributed by atoms with Crippen LogP contribution in [-0.2, 0) is 0 Å². The summed E-state index contributed by atoms with van der Waals surface area (Å²) in [6.07, 6.45) is 0. The monoisotopic (exact) mass is 170 g/mol. The van der Waals surface area contributed by atoms with Gasteiger partial charge < -0.3 is 5.73 Å². The van der Waals surface area contributed by atoms with Crippen molar-refractivity contribution < 1.29 is 0 Å². The average Bonchev–Trinajstić information content (AvgIpc) is 2.30. The second-order valence-electron chi connectivity index (χ2n) is 4.58. The summed E-state index contributed by atoms with van der Waals surface area (Å²) in [4.78, 5) is 2.51. The van der Waals surface area contributed by atoms with E-state index < -0.39 is 0 Å². The van der Waals surface area contributed by atoms with E-state index in [9.17, 15) is 0 Å². The van der Waals surface area contributed by atoms with Crippen molar-refractivity contribution in [2.75, 3.05) is 13.1 Å². The number of hydrogen-bond acceptors (Lipinski definition) is 2. The lowest BCUT2D eigenvalue weighted by Crippen LogP contribution is -2.36. The Morgan fingerprint density at radius 3 is 2.17 bits per heavy atom. The fraction of sp³-hybridized carbons (Fsp3) is 1.00. The maximum Gasteiger partial charge on any atom is 0.0206 e. The van der Waals surface area contributed by atoms with Gasteiger partial charge in [0.15, 0.2) is 0 Å². The topological polar surface area (TPSA) is 29.3 Å². The maximum atomic E-state index is 5.96. The van der Waals surface area contributed by atoms with Crippen LogP contribution in [0.5, 0.6) is 0 Å². The summed E-state index contributed by atoms with van der Waals surface area (Å²) in [6.45, 7) is 11.4. The summed E-state index contributed by atoms with van der Waals surface area (Å²) in [7, 11) is 0. The molecule has 1 fully saturated rings. The molecule has 1 saturated heterocycles. The highest BCUT2D eigenvalue weighted by Crippen LogP contribution is 2.20. The molecule has 3 unspecified atom stereocenters. The molecule has 0 spiro atoms. The van der Waals surface area contributed by atoms with Gasteiger partial charge in [-0.05, 0) is 18.8 Å². The van der Waals surface area contributed by atoms with E-state index in [0.717, 1.165) is 12.5 Å². The average molecular weight is 170 g/mol. The molecule has 1 heterocycles. The smallest absolute Gasteiger partial charge is 0.0206 e. The van der Waals surface area contributed by atoms with Gasteiger partial charge in [0.25, 0.3) is 0 Å². The van der Waals surface area contributed by atoms with Gasteiger partial charge in [-0.3, -0.25) is 4.90 Å². The highest BCUT2D eigenvalue weighted by Gasteiger charge is 2.30. The Bertz CT molecular complexity index is 135. The second kappa shape index (κ2) is 3.75. The molecule has 12 heavy (non-hydrogen) atoms. The molecule has 2 N–H and O–H groups in total. The van der Waals surface area contributed by atoms with Crippen molar-refractivity contribution in [3.63, 3.8) is 0 Å². The molecule has 72 valence electrons. The molecule has 0 aromatic rings. The normalized spacial score (nSPS) is 34.5. The van der Waals surface area contributed by atoms with Crippen LogP contribution >= 0.6 is 0 Å². The summed E-state index contributed by atoms with van der Waals surface area (Å²) in [5.41, 5.74) is 5.96. The lowest BCUT2D eigenvalue weighted by molar-refractivity contribution is 0.201. The first-order chi connectivity index (χ1) is 5.52. The number of nitrogens with zero attached hydrogens (tertiary/aromatic N) is 1. The molecular formula is C10H22N2. The zero-order chi connectivity index (χ0) is 9.30. The number of likely N-dealkylation sites (tertiary alicyclic amines) is 1. The van der Waals surface area contributed by atoms with Crippen LogP contribution in [0.4, 0.5) is 0 Å². The minimum absolute atomic E-state index is 0.395. The first-order valence-corrected chi connectivity index (χ1v) is 5.02. The Morgan fingerprint density at radius 1 is 1.25 bits per heavy atom. The zero-order valence-corrected chi connectivity index (χ0v) is 8.75. The molecule has 0 amide bonds. The van der Waals surface area contributed by atoms with Gasteiger partial charge >= 0.3 is 0 Å². The number of rotatable bonds is 2. The maximum absolute atomic E-state index is 5.96. The fourth-order valence-corrected chi connectivity index (χ4v) is 1.78. The molecule has 0 bridgehead atoms. The summed E-state index contributed by atoms with van der Waals surface area (Å²) < 4.78 is 0. The van der Waals surface area contributed by atoms with Crippen LogP contribution in [0.2, 0.25) is 0 Å². The van der Waals surface area contributed by atoms with E-state index in [4.69, 9.17) is 5.73 Å². The van der Waals surface area contributed by atoms with E-state index in [1.165, 1.54) is 6.54 Å². The molecule has 1 aliphatic heterocycles. The Balaban J connectivity index is 2.45. The third-order valence-corrected chi connectivity index (χ3v) is 3.24. The molecule has 0 aliphatic carbocycles. The Kier molecular flexibility index (Phi) is 3.13. The summed E-state index contributed by atoms with van der Waals surface area (Å²) in [5, 5.41) is 0. The van der Waals surface area contributed by atoms with Crippen LogP contribution in [0, 0.1) is 11.8 Å². The summed E-state index contributed by atoms with van der Waals surface area (Å²) >= 11 is 0. The third kappa shape index (κ3) is 1.99. The van der Waals surface area contributed by atoms with Crippen molar-refractivity contribution in [3.8, 4) is 0 Å².